The van der Waals surface area contributed by atoms with Crippen LogP contribution in [-0.2, 0) is 11.2 Å². The smallest absolute Gasteiger partial charge is 0.159 e. The van der Waals surface area contributed by atoms with Gasteiger partial charge in [0.1, 0.15) is 5.82 Å². The van der Waals surface area contributed by atoms with Gasteiger partial charge in [0.25, 0.3) is 0 Å². The van der Waals surface area contributed by atoms with Gasteiger partial charge in [-0.05, 0) is 54.0 Å². The van der Waals surface area contributed by atoms with Crippen molar-refractivity contribution in [1.82, 2.24) is 0 Å². The monoisotopic (exact) mass is 316 g/mol. The molecule has 2 aliphatic carbocycles. The number of ketones is 1. The maximum atomic E-state index is 14.2. The zero-order valence-electron chi connectivity index (χ0n) is 14.0. The lowest BCUT2D eigenvalue weighted by Gasteiger charge is -2.36. The largest absolute Gasteiger partial charge is 0.397 e. The van der Waals surface area contributed by atoms with Crippen LogP contribution in [0.3, 0.4) is 0 Å². The summed E-state index contributed by atoms with van der Waals surface area (Å²) < 4.78 is 14.2. The first-order chi connectivity index (χ1) is 10.9. The highest BCUT2D eigenvalue weighted by molar-refractivity contribution is 6.07. The van der Waals surface area contributed by atoms with E-state index < -0.39 is 5.82 Å². The molecule has 4 heteroatoms. The number of halogens is 1. The van der Waals surface area contributed by atoms with Crippen molar-refractivity contribution in [3.05, 3.63) is 28.6 Å². The van der Waals surface area contributed by atoms with Crippen LogP contribution < -0.4 is 11.5 Å². The summed E-state index contributed by atoms with van der Waals surface area (Å²) in [5.74, 6) is -0.271. The molecule has 1 atom stereocenters. The number of benzene rings is 1. The molecule has 1 aromatic rings. The third-order valence-corrected chi connectivity index (χ3v) is 5.62. The first-order valence-corrected chi connectivity index (χ1v) is 8.58. The van der Waals surface area contributed by atoms with Crippen molar-refractivity contribution in [3.8, 4) is 0 Å². The minimum Gasteiger partial charge on any atom is -0.397 e. The fourth-order valence-corrected chi connectivity index (χ4v) is 4.42. The van der Waals surface area contributed by atoms with E-state index in [2.05, 4.69) is 6.92 Å². The van der Waals surface area contributed by atoms with Crippen LogP contribution in [0.2, 0.25) is 0 Å². The highest BCUT2D eigenvalue weighted by Gasteiger charge is 2.47. The van der Waals surface area contributed by atoms with Crippen molar-refractivity contribution in [3.63, 3.8) is 0 Å². The molecule has 0 amide bonds. The second-order valence-corrected chi connectivity index (χ2v) is 6.90. The van der Waals surface area contributed by atoms with E-state index in [1.165, 1.54) is 6.07 Å². The van der Waals surface area contributed by atoms with Gasteiger partial charge < -0.3 is 11.5 Å². The second-order valence-electron chi connectivity index (χ2n) is 6.90. The van der Waals surface area contributed by atoms with Gasteiger partial charge in [0.15, 0.2) is 5.78 Å². The maximum Gasteiger partial charge on any atom is 0.159 e. The second kappa shape index (κ2) is 5.66. The molecule has 0 spiro atoms. The van der Waals surface area contributed by atoms with Crippen LogP contribution in [0, 0.1) is 11.2 Å². The number of carbonyl (C=O) groups is 1. The van der Waals surface area contributed by atoms with E-state index in [9.17, 15) is 9.18 Å². The summed E-state index contributed by atoms with van der Waals surface area (Å²) in [6.45, 7) is 4.17. The number of nitrogens with two attached hydrogens (primary N) is 2. The normalized spacial score (nSPS) is 23.2. The van der Waals surface area contributed by atoms with Crippen molar-refractivity contribution in [2.45, 2.75) is 58.8 Å². The fraction of sp³-hybridized carbons (Fsp3) is 0.526. The predicted octanol–water partition coefficient (Wildman–Crippen LogP) is 4.25. The average Bonchev–Trinajstić information content (AvgIpc) is 2.86. The third-order valence-electron chi connectivity index (χ3n) is 5.62. The molecule has 0 aliphatic heterocycles. The van der Waals surface area contributed by atoms with E-state index in [0.717, 1.165) is 54.4 Å². The van der Waals surface area contributed by atoms with Crippen molar-refractivity contribution in [1.29, 1.82) is 0 Å². The highest BCUT2D eigenvalue weighted by Crippen LogP contribution is 2.58. The van der Waals surface area contributed by atoms with Gasteiger partial charge in [-0.15, -0.1) is 0 Å². The summed E-state index contributed by atoms with van der Waals surface area (Å²) in [7, 11) is 0. The minimum atomic E-state index is -0.478. The number of rotatable bonds is 4. The van der Waals surface area contributed by atoms with Gasteiger partial charge in [0.05, 0.1) is 11.4 Å². The fourth-order valence-electron chi connectivity index (χ4n) is 4.42. The molecule has 3 rings (SSSR count). The molecule has 4 N–H and O–H groups in total. The Bertz CT molecular complexity index is 708. The molecule has 3 nitrogen and oxygen atoms in total. The van der Waals surface area contributed by atoms with E-state index in [-0.39, 0.29) is 16.9 Å². The van der Waals surface area contributed by atoms with Crippen LogP contribution in [-0.4, -0.2) is 5.78 Å². The van der Waals surface area contributed by atoms with Gasteiger partial charge in [-0.3, -0.25) is 4.79 Å². The predicted molar refractivity (Wildman–Crippen MR) is 92.3 cm³/mol. The average molecular weight is 316 g/mol. The lowest BCUT2D eigenvalue weighted by molar-refractivity contribution is -0.116. The molecule has 2 aliphatic rings. The van der Waals surface area contributed by atoms with E-state index in [0.29, 0.717) is 18.5 Å². The van der Waals surface area contributed by atoms with Crippen LogP contribution in [0.1, 0.15) is 63.5 Å². The van der Waals surface area contributed by atoms with Crippen molar-refractivity contribution < 1.29 is 9.18 Å². The number of nitrogen functional groups attached to an aromatic ring is 2. The summed E-state index contributed by atoms with van der Waals surface area (Å²) in [4.78, 5) is 12.4. The molecule has 0 fully saturated rings. The molecular weight excluding hydrogens is 291 g/mol. The Morgan fingerprint density at radius 1 is 1.26 bits per heavy atom. The molecular formula is C19H25FN2O. The van der Waals surface area contributed by atoms with Crippen LogP contribution in [0.15, 0.2) is 11.6 Å². The molecule has 124 valence electrons. The lowest BCUT2D eigenvalue weighted by Crippen LogP contribution is -2.28. The van der Waals surface area contributed by atoms with E-state index in [1.807, 2.05) is 6.92 Å². The number of fused-ring (bicyclic) bond motifs is 3. The number of unbranched alkanes of at least 4 members (excludes halogenated alkanes) is 1. The van der Waals surface area contributed by atoms with Crippen LogP contribution >= 0.6 is 0 Å². The summed E-state index contributed by atoms with van der Waals surface area (Å²) in [5.41, 5.74) is 16.0. The summed E-state index contributed by atoms with van der Waals surface area (Å²) in [5, 5.41) is 0. The molecule has 23 heavy (non-hydrogen) atoms. The number of carbonyl (C=O) groups excluding carboxylic acids is 1. The molecule has 1 aromatic carbocycles. The molecule has 0 bridgehead atoms. The Labute approximate surface area is 136 Å². The van der Waals surface area contributed by atoms with Crippen molar-refractivity contribution >= 4 is 22.7 Å². The molecule has 1 unspecified atom stereocenters. The maximum absolute atomic E-state index is 14.2. The van der Waals surface area contributed by atoms with Crippen LogP contribution in [0.5, 0.6) is 0 Å². The molecule has 0 radical (unpaired) electrons. The summed E-state index contributed by atoms with van der Waals surface area (Å²) >= 11 is 0. The van der Waals surface area contributed by atoms with Gasteiger partial charge in [-0.25, -0.2) is 4.39 Å². The molecule has 0 saturated heterocycles. The topological polar surface area (TPSA) is 69.1 Å². The molecule has 0 saturated carbocycles. The number of hydrogen-bond acceptors (Lipinski definition) is 3. The van der Waals surface area contributed by atoms with E-state index in [4.69, 9.17) is 11.5 Å². The lowest BCUT2D eigenvalue weighted by atomic mass is 9.67. The summed E-state index contributed by atoms with van der Waals surface area (Å²) in [6, 6.07) is 1.50. The quantitative estimate of drug-likeness (QED) is 0.816. The van der Waals surface area contributed by atoms with E-state index in [1.54, 1.807) is 0 Å². The Kier molecular flexibility index (Phi) is 3.95. The first-order valence-electron chi connectivity index (χ1n) is 8.58. The van der Waals surface area contributed by atoms with Crippen molar-refractivity contribution in [2.24, 2.45) is 5.41 Å². The molecule has 0 heterocycles. The third kappa shape index (κ3) is 2.27. The standard InChI is InChI=1S/C19H25FN2O/c1-3-5-7-19-8-6-15(23)11(4-2)16(19)12-9-14(20)18(22)17(21)13(12)10-19/h9H,3-8,10,21-22H2,1-2H3. The zero-order valence-corrected chi connectivity index (χ0v) is 14.0. The van der Waals surface area contributed by atoms with Crippen LogP contribution in [0.25, 0.3) is 5.57 Å². The SMILES string of the molecule is CCCCC12CCC(=O)C(CC)=C1c1cc(F)c(N)c(N)c1C2. The Balaban J connectivity index is 2.26. The highest BCUT2D eigenvalue weighted by atomic mass is 19.1. The number of allylic oxidation sites excluding steroid dienone is 2. The first kappa shape index (κ1) is 16.0. The van der Waals surface area contributed by atoms with Gasteiger partial charge in [0.2, 0.25) is 0 Å². The van der Waals surface area contributed by atoms with Gasteiger partial charge in [0, 0.05) is 11.8 Å². The summed E-state index contributed by atoms with van der Waals surface area (Å²) in [6.07, 6.45) is 6.11. The van der Waals surface area contributed by atoms with E-state index >= 15 is 0 Å². The number of anilines is 2. The minimum absolute atomic E-state index is 0.0398. The zero-order chi connectivity index (χ0) is 16.8. The van der Waals surface area contributed by atoms with Gasteiger partial charge >= 0.3 is 0 Å². The number of Topliss-reactive ketones (excluding diaryl/α,β-unsaturated/α-hetero) is 1. The number of hydrogen-bond donors (Lipinski definition) is 2. The Morgan fingerprint density at radius 3 is 2.65 bits per heavy atom. The van der Waals surface area contributed by atoms with Gasteiger partial charge in [-0.2, -0.15) is 0 Å². The molecule has 0 aromatic heterocycles. The Morgan fingerprint density at radius 2 is 2.00 bits per heavy atom. The van der Waals surface area contributed by atoms with Crippen molar-refractivity contribution in [2.75, 3.05) is 11.5 Å². The van der Waals surface area contributed by atoms with Crippen LogP contribution in [0.4, 0.5) is 15.8 Å². The van der Waals surface area contributed by atoms with Gasteiger partial charge in [-0.1, -0.05) is 26.7 Å². The Hall–Kier alpha value is -1.84.